The molecule has 104 valence electrons. The summed E-state index contributed by atoms with van der Waals surface area (Å²) in [5.41, 5.74) is 0.508. The zero-order chi connectivity index (χ0) is 14.2. The van der Waals surface area contributed by atoms with Gasteiger partial charge in [0.1, 0.15) is 6.04 Å². The highest BCUT2D eigenvalue weighted by Gasteiger charge is 2.40. The number of hydrogen-bond donors (Lipinski definition) is 1. The highest BCUT2D eigenvalue weighted by molar-refractivity contribution is 8.00. The van der Waals surface area contributed by atoms with Crippen LogP contribution in [-0.4, -0.2) is 41.5 Å². The van der Waals surface area contributed by atoms with Crippen molar-refractivity contribution in [1.82, 2.24) is 4.31 Å². The molecule has 1 aromatic rings. The van der Waals surface area contributed by atoms with E-state index in [1.54, 1.807) is 13.0 Å². The Bertz CT molecular complexity index is 617. The van der Waals surface area contributed by atoms with Crippen molar-refractivity contribution in [2.45, 2.75) is 17.9 Å². The molecule has 0 amide bonds. The number of carboxylic acids is 1. The number of rotatable bonds is 3. The van der Waals surface area contributed by atoms with E-state index in [0.717, 1.165) is 4.31 Å². The maximum absolute atomic E-state index is 12.5. The van der Waals surface area contributed by atoms with Gasteiger partial charge in [-0.15, -0.1) is 11.8 Å². The van der Waals surface area contributed by atoms with Gasteiger partial charge in [0, 0.05) is 10.8 Å². The predicted molar refractivity (Wildman–Crippen MR) is 74.0 cm³/mol. The number of aryl methyl sites for hydroxylation is 1. The molecule has 1 fully saturated rings. The van der Waals surface area contributed by atoms with Gasteiger partial charge in [-0.05, 0) is 30.7 Å². The molecule has 1 atom stereocenters. The Morgan fingerprint density at radius 2 is 2.21 bits per heavy atom. The second-order valence-electron chi connectivity index (χ2n) is 4.16. The Balaban J connectivity index is 2.45. The fourth-order valence-electron chi connectivity index (χ4n) is 1.89. The van der Waals surface area contributed by atoms with Crippen molar-refractivity contribution >= 4 is 39.4 Å². The van der Waals surface area contributed by atoms with Crippen LogP contribution >= 0.6 is 23.4 Å². The summed E-state index contributed by atoms with van der Waals surface area (Å²) in [6.07, 6.45) is 0. The lowest BCUT2D eigenvalue weighted by Gasteiger charge is -2.21. The van der Waals surface area contributed by atoms with Gasteiger partial charge < -0.3 is 5.11 Å². The van der Waals surface area contributed by atoms with Gasteiger partial charge in [-0.1, -0.05) is 11.6 Å². The number of sulfonamides is 1. The van der Waals surface area contributed by atoms with Crippen molar-refractivity contribution in [3.8, 4) is 0 Å². The van der Waals surface area contributed by atoms with E-state index in [-0.39, 0.29) is 16.5 Å². The van der Waals surface area contributed by atoms with Crippen LogP contribution in [0, 0.1) is 6.92 Å². The molecule has 8 heteroatoms. The third-order valence-electron chi connectivity index (χ3n) is 2.85. The molecule has 1 saturated heterocycles. The van der Waals surface area contributed by atoms with Crippen molar-refractivity contribution in [2.75, 3.05) is 11.6 Å². The standard InChI is InChI=1S/C11H12ClNO4S2/c1-7-4-8(12)2-3-10(7)19(16,17)13-6-18-5-9(13)11(14)15/h2-4,9H,5-6H2,1H3,(H,14,15). The molecular weight excluding hydrogens is 310 g/mol. The van der Waals surface area contributed by atoms with Gasteiger partial charge in [-0.2, -0.15) is 4.31 Å². The highest BCUT2D eigenvalue weighted by atomic mass is 35.5. The van der Waals surface area contributed by atoms with E-state index in [2.05, 4.69) is 0 Å². The summed E-state index contributed by atoms with van der Waals surface area (Å²) in [5, 5.41) is 9.51. The molecule has 2 rings (SSSR count). The summed E-state index contributed by atoms with van der Waals surface area (Å²) in [6.45, 7) is 1.64. The smallest absolute Gasteiger partial charge is 0.322 e. The predicted octanol–water partition coefficient (Wildman–Crippen LogP) is 1.80. The van der Waals surface area contributed by atoms with Crippen molar-refractivity contribution in [3.05, 3.63) is 28.8 Å². The zero-order valence-corrected chi connectivity index (χ0v) is 12.4. The molecule has 0 aromatic heterocycles. The molecule has 1 unspecified atom stereocenters. The van der Waals surface area contributed by atoms with Crippen LogP contribution < -0.4 is 0 Å². The summed E-state index contributed by atoms with van der Waals surface area (Å²) >= 11 is 7.09. The molecule has 1 aliphatic rings. The number of benzene rings is 1. The molecule has 1 aliphatic heterocycles. The summed E-state index contributed by atoms with van der Waals surface area (Å²) < 4.78 is 26.0. The van der Waals surface area contributed by atoms with Crippen LogP contribution in [0.2, 0.25) is 5.02 Å². The van der Waals surface area contributed by atoms with Crippen molar-refractivity contribution in [2.24, 2.45) is 0 Å². The molecule has 0 saturated carbocycles. The maximum atomic E-state index is 12.5. The zero-order valence-electron chi connectivity index (χ0n) is 10.0. The van der Waals surface area contributed by atoms with Gasteiger partial charge in [0.25, 0.3) is 0 Å². The first-order chi connectivity index (χ1) is 8.84. The van der Waals surface area contributed by atoms with Crippen LogP contribution in [0.15, 0.2) is 23.1 Å². The van der Waals surface area contributed by atoms with E-state index < -0.39 is 22.0 Å². The minimum Gasteiger partial charge on any atom is -0.480 e. The molecule has 0 bridgehead atoms. The second kappa shape index (κ2) is 5.32. The Kier molecular flexibility index (Phi) is 4.10. The Morgan fingerprint density at radius 3 is 2.79 bits per heavy atom. The normalized spacial score (nSPS) is 20.6. The summed E-state index contributed by atoms with van der Waals surface area (Å²) in [7, 11) is -3.81. The van der Waals surface area contributed by atoms with Crippen LogP contribution in [0.4, 0.5) is 0 Å². The summed E-state index contributed by atoms with van der Waals surface area (Å²) in [4.78, 5) is 11.2. The lowest BCUT2D eigenvalue weighted by molar-refractivity contribution is -0.140. The van der Waals surface area contributed by atoms with E-state index in [0.29, 0.717) is 10.6 Å². The van der Waals surface area contributed by atoms with Crippen LogP contribution in [0.1, 0.15) is 5.56 Å². The molecule has 0 radical (unpaired) electrons. The largest absolute Gasteiger partial charge is 0.480 e. The first-order valence-corrected chi connectivity index (χ1v) is 8.40. The van der Waals surface area contributed by atoms with Crippen molar-refractivity contribution in [1.29, 1.82) is 0 Å². The molecule has 1 N–H and O–H groups in total. The molecule has 19 heavy (non-hydrogen) atoms. The average Bonchev–Trinajstić information content (AvgIpc) is 2.77. The van der Waals surface area contributed by atoms with Crippen molar-refractivity contribution < 1.29 is 18.3 Å². The molecule has 1 heterocycles. The number of nitrogens with zero attached hydrogens (tertiary/aromatic N) is 1. The van der Waals surface area contributed by atoms with Crippen molar-refractivity contribution in [3.63, 3.8) is 0 Å². The minimum atomic E-state index is -3.81. The molecular formula is C11H12ClNO4S2. The average molecular weight is 322 g/mol. The van der Waals surface area contributed by atoms with E-state index in [9.17, 15) is 13.2 Å². The Hall–Kier alpha value is -0.760. The topological polar surface area (TPSA) is 74.7 Å². The lowest BCUT2D eigenvalue weighted by atomic mass is 10.2. The second-order valence-corrected chi connectivity index (χ2v) is 7.45. The number of halogens is 1. The third kappa shape index (κ3) is 2.74. The first kappa shape index (κ1) is 14.6. The van der Waals surface area contributed by atoms with Gasteiger partial charge in [0.15, 0.2) is 0 Å². The van der Waals surface area contributed by atoms with Crippen LogP contribution in [-0.2, 0) is 14.8 Å². The quantitative estimate of drug-likeness (QED) is 0.918. The minimum absolute atomic E-state index is 0.102. The van der Waals surface area contributed by atoms with Crippen LogP contribution in [0.3, 0.4) is 0 Å². The third-order valence-corrected chi connectivity index (χ3v) is 6.28. The summed E-state index contributed by atoms with van der Waals surface area (Å²) in [5.74, 6) is -0.706. The summed E-state index contributed by atoms with van der Waals surface area (Å²) in [6, 6.07) is 3.44. The number of aliphatic carboxylic acids is 1. The van der Waals surface area contributed by atoms with E-state index in [1.807, 2.05) is 0 Å². The van der Waals surface area contributed by atoms with Gasteiger partial charge >= 0.3 is 5.97 Å². The molecule has 0 aliphatic carbocycles. The maximum Gasteiger partial charge on any atom is 0.322 e. The Labute approximate surface area is 120 Å². The SMILES string of the molecule is Cc1cc(Cl)ccc1S(=O)(=O)N1CSCC1C(=O)O. The number of carboxylic acid groups (broad SMARTS) is 1. The number of carbonyl (C=O) groups is 1. The van der Waals surface area contributed by atoms with Crippen LogP contribution in [0.5, 0.6) is 0 Å². The molecule has 1 aromatic carbocycles. The fraction of sp³-hybridized carbons (Fsp3) is 0.364. The monoisotopic (exact) mass is 321 g/mol. The molecule has 5 nitrogen and oxygen atoms in total. The van der Waals surface area contributed by atoms with E-state index in [1.165, 1.54) is 23.9 Å². The van der Waals surface area contributed by atoms with Crippen LogP contribution in [0.25, 0.3) is 0 Å². The van der Waals surface area contributed by atoms with E-state index in [4.69, 9.17) is 16.7 Å². The number of thioether (sulfide) groups is 1. The van der Waals surface area contributed by atoms with E-state index >= 15 is 0 Å². The fourth-order valence-corrected chi connectivity index (χ4v) is 5.46. The highest BCUT2D eigenvalue weighted by Crippen LogP contribution is 2.30. The molecule has 0 spiro atoms. The lowest BCUT2D eigenvalue weighted by Crippen LogP contribution is -2.41. The van der Waals surface area contributed by atoms with Gasteiger partial charge in [0.05, 0.1) is 10.8 Å². The van der Waals surface area contributed by atoms with Gasteiger partial charge in [-0.25, -0.2) is 8.42 Å². The first-order valence-electron chi connectivity index (χ1n) is 5.42. The van der Waals surface area contributed by atoms with Gasteiger partial charge in [0.2, 0.25) is 10.0 Å². The Morgan fingerprint density at radius 1 is 1.53 bits per heavy atom. The van der Waals surface area contributed by atoms with Gasteiger partial charge in [-0.3, -0.25) is 4.79 Å². The number of hydrogen-bond acceptors (Lipinski definition) is 4.